The van der Waals surface area contributed by atoms with Crippen molar-refractivity contribution < 1.29 is 0 Å². The van der Waals surface area contributed by atoms with Crippen LogP contribution in [0, 0.1) is 6.92 Å². The first-order valence-electron chi connectivity index (χ1n) is 10.2. The summed E-state index contributed by atoms with van der Waals surface area (Å²) >= 11 is 6.36. The Morgan fingerprint density at radius 2 is 1.61 bits per heavy atom. The van der Waals surface area contributed by atoms with Crippen LogP contribution >= 0.6 is 11.6 Å². The van der Waals surface area contributed by atoms with Crippen LogP contribution in [0.4, 0.5) is 5.82 Å². The maximum atomic E-state index is 6.36. The fourth-order valence-electron chi connectivity index (χ4n) is 3.76. The number of aromatic nitrogens is 3. The van der Waals surface area contributed by atoms with E-state index >= 15 is 0 Å². The highest BCUT2D eigenvalue weighted by molar-refractivity contribution is 6.31. The summed E-state index contributed by atoms with van der Waals surface area (Å²) in [5.74, 6) is 0.787. The number of anilines is 1. The highest BCUT2D eigenvalue weighted by atomic mass is 35.5. The zero-order valence-electron chi connectivity index (χ0n) is 17.1. The smallest absolute Gasteiger partial charge is 0.150 e. The van der Waals surface area contributed by atoms with Gasteiger partial charge in [0.25, 0.3) is 0 Å². The first-order chi connectivity index (χ1) is 15.2. The predicted octanol–water partition coefficient (Wildman–Crippen LogP) is 6.66. The molecule has 0 atom stereocenters. The zero-order valence-corrected chi connectivity index (χ0v) is 17.8. The lowest BCUT2D eigenvalue weighted by Crippen LogP contribution is -2.03. The van der Waals surface area contributed by atoms with Gasteiger partial charge in [0.05, 0.1) is 5.39 Å². The normalized spacial score (nSPS) is 11.0. The molecule has 2 aromatic heterocycles. The van der Waals surface area contributed by atoms with Gasteiger partial charge >= 0.3 is 0 Å². The van der Waals surface area contributed by atoms with Crippen LogP contribution in [-0.2, 0) is 6.54 Å². The van der Waals surface area contributed by atoms with Gasteiger partial charge in [0.1, 0.15) is 12.1 Å². The molecule has 4 nitrogen and oxygen atoms in total. The molecule has 0 spiro atoms. The lowest BCUT2D eigenvalue weighted by atomic mass is 10.1. The number of rotatable bonds is 5. The summed E-state index contributed by atoms with van der Waals surface area (Å²) in [6.07, 6.45) is 3.75. The Balaban J connectivity index is 1.66. The minimum Gasteiger partial charge on any atom is -0.365 e. The van der Waals surface area contributed by atoms with E-state index in [1.165, 1.54) is 5.56 Å². The number of nitrogens with zero attached hydrogens (tertiary/aromatic N) is 3. The van der Waals surface area contributed by atoms with Crippen LogP contribution in [0.2, 0.25) is 5.02 Å². The second-order valence-corrected chi connectivity index (χ2v) is 7.89. The Labute approximate surface area is 186 Å². The molecule has 5 heteroatoms. The molecule has 31 heavy (non-hydrogen) atoms. The molecule has 152 valence electrons. The fraction of sp³-hybridized carbons (Fsp3) is 0.0769. The standard InChI is InChI=1S/C26H21ClN4/c1-18-11-13-21(14-12-18)31-16-22(19-7-3-2-4-8-19)24-25(29-17-30-26(24)31)28-15-20-9-5-6-10-23(20)27/h2-14,16-17H,15H2,1H3,(H,28,29,30). The molecule has 5 aromatic rings. The lowest BCUT2D eigenvalue weighted by Gasteiger charge is -2.10. The van der Waals surface area contributed by atoms with Gasteiger partial charge in [-0.15, -0.1) is 0 Å². The van der Waals surface area contributed by atoms with Gasteiger partial charge in [-0.25, -0.2) is 9.97 Å². The summed E-state index contributed by atoms with van der Waals surface area (Å²) < 4.78 is 2.12. The molecule has 0 fully saturated rings. The predicted molar refractivity (Wildman–Crippen MR) is 128 cm³/mol. The third-order valence-corrected chi connectivity index (χ3v) is 5.75. The summed E-state index contributed by atoms with van der Waals surface area (Å²) in [6, 6.07) is 26.6. The Hall–Kier alpha value is -3.63. The lowest BCUT2D eigenvalue weighted by molar-refractivity contribution is 1.06. The van der Waals surface area contributed by atoms with Crippen molar-refractivity contribution in [3.63, 3.8) is 0 Å². The van der Waals surface area contributed by atoms with Crippen molar-refractivity contribution >= 4 is 28.5 Å². The van der Waals surface area contributed by atoms with Crippen LogP contribution in [0.1, 0.15) is 11.1 Å². The van der Waals surface area contributed by atoms with Crippen LogP contribution in [0.3, 0.4) is 0 Å². The van der Waals surface area contributed by atoms with Crippen molar-refractivity contribution in [3.05, 3.63) is 108 Å². The Morgan fingerprint density at radius 1 is 0.871 bits per heavy atom. The van der Waals surface area contributed by atoms with Crippen LogP contribution in [0.5, 0.6) is 0 Å². The van der Waals surface area contributed by atoms with E-state index in [0.717, 1.165) is 44.3 Å². The average Bonchev–Trinajstić information content (AvgIpc) is 3.20. The van der Waals surface area contributed by atoms with Gasteiger partial charge < -0.3 is 9.88 Å². The van der Waals surface area contributed by atoms with Crippen molar-refractivity contribution in [1.29, 1.82) is 0 Å². The van der Waals surface area contributed by atoms with Gasteiger partial charge in [-0.2, -0.15) is 0 Å². The van der Waals surface area contributed by atoms with Crippen molar-refractivity contribution in [2.24, 2.45) is 0 Å². The van der Waals surface area contributed by atoms with E-state index in [2.05, 4.69) is 69.4 Å². The van der Waals surface area contributed by atoms with Gasteiger partial charge in [-0.05, 0) is 36.2 Å². The number of hydrogen-bond donors (Lipinski definition) is 1. The topological polar surface area (TPSA) is 42.7 Å². The maximum absolute atomic E-state index is 6.36. The summed E-state index contributed by atoms with van der Waals surface area (Å²) in [5, 5.41) is 5.20. The van der Waals surface area contributed by atoms with Crippen LogP contribution in [0.25, 0.3) is 27.8 Å². The third-order valence-electron chi connectivity index (χ3n) is 5.38. The van der Waals surface area contributed by atoms with Crippen molar-refractivity contribution in [3.8, 4) is 16.8 Å². The molecule has 0 bridgehead atoms. The largest absolute Gasteiger partial charge is 0.365 e. The second-order valence-electron chi connectivity index (χ2n) is 7.48. The number of hydrogen-bond acceptors (Lipinski definition) is 3. The molecule has 1 N–H and O–H groups in total. The van der Waals surface area contributed by atoms with Crippen LogP contribution in [-0.4, -0.2) is 14.5 Å². The number of fused-ring (bicyclic) bond motifs is 1. The Bertz CT molecular complexity index is 1340. The van der Waals surface area contributed by atoms with E-state index in [9.17, 15) is 0 Å². The first-order valence-corrected chi connectivity index (χ1v) is 10.5. The summed E-state index contributed by atoms with van der Waals surface area (Å²) in [7, 11) is 0. The molecule has 0 radical (unpaired) electrons. The highest BCUT2D eigenvalue weighted by Gasteiger charge is 2.17. The molecular weight excluding hydrogens is 404 g/mol. The molecule has 0 aliphatic carbocycles. The van der Waals surface area contributed by atoms with E-state index in [4.69, 9.17) is 11.6 Å². The first kappa shape index (κ1) is 19.3. The number of benzene rings is 3. The molecular formula is C26H21ClN4. The maximum Gasteiger partial charge on any atom is 0.150 e. The van der Waals surface area contributed by atoms with Crippen LogP contribution < -0.4 is 5.32 Å². The molecule has 0 aliphatic rings. The summed E-state index contributed by atoms with van der Waals surface area (Å²) in [4.78, 5) is 9.23. The van der Waals surface area contributed by atoms with E-state index < -0.39 is 0 Å². The van der Waals surface area contributed by atoms with Crippen LogP contribution in [0.15, 0.2) is 91.4 Å². The number of aryl methyl sites for hydroxylation is 1. The Kier molecular flexibility index (Phi) is 5.14. The monoisotopic (exact) mass is 424 g/mol. The van der Waals surface area contributed by atoms with Crippen molar-refractivity contribution in [1.82, 2.24) is 14.5 Å². The molecule has 0 saturated carbocycles. The van der Waals surface area contributed by atoms with Crippen molar-refractivity contribution in [2.75, 3.05) is 5.32 Å². The van der Waals surface area contributed by atoms with E-state index in [-0.39, 0.29) is 0 Å². The van der Waals surface area contributed by atoms with E-state index in [1.54, 1.807) is 6.33 Å². The van der Waals surface area contributed by atoms with Gasteiger partial charge in [-0.1, -0.05) is 77.8 Å². The minimum atomic E-state index is 0.579. The fourth-order valence-corrected chi connectivity index (χ4v) is 3.96. The minimum absolute atomic E-state index is 0.579. The molecule has 0 amide bonds. The van der Waals surface area contributed by atoms with Gasteiger partial charge in [0.15, 0.2) is 5.65 Å². The summed E-state index contributed by atoms with van der Waals surface area (Å²) in [5.41, 5.74) is 6.37. The summed E-state index contributed by atoms with van der Waals surface area (Å²) in [6.45, 7) is 2.67. The second kappa shape index (κ2) is 8.25. The van der Waals surface area contributed by atoms with E-state index in [0.29, 0.717) is 6.54 Å². The highest BCUT2D eigenvalue weighted by Crippen LogP contribution is 2.35. The molecule has 0 unspecified atom stereocenters. The van der Waals surface area contributed by atoms with Gasteiger partial charge in [0.2, 0.25) is 0 Å². The Morgan fingerprint density at radius 3 is 2.39 bits per heavy atom. The average molecular weight is 425 g/mol. The number of halogens is 1. The SMILES string of the molecule is Cc1ccc(-n2cc(-c3ccccc3)c3c(NCc4ccccc4Cl)ncnc32)cc1. The molecule has 5 rings (SSSR count). The molecule has 3 aromatic carbocycles. The van der Waals surface area contributed by atoms with Gasteiger partial charge in [-0.3, -0.25) is 0 Å². The molecule has 2 heterocycles. The van der Waals surface area contributed by atoms with Crippen molar-refractivity contribution in [2.45, 2.75) is 13.5 Å². The van der Waals surface area contributed by atoms with E-state index in [1.807, 2.05) is 42.5 Å². The molecule has 0 saturated heterocycles. The third kappa shape index (κ3) is 3.78. The zero-order chi connectivity index (χ0) is 21.2. The number of nitrogens with one attached hydrogen (secondary N) is 1. The van der Waals surface area contributed by atoms with Gasteiger partial charge in [0, 0.05) is 29.0 Å². The molecule has 0 aliphatic heterocycles. The quantitative estimate of drug-likeness (QED) is 0.343.